The third-order valence-corrected chi connectivity index (χ3v) is 3.97. The van der Waals surface area contributed by atoms with Crippen LogP contribution in [-0.4, -0.2) is 22.7 Å². The van der Waals surface area contributed by atoms with E-state index < -0.39 is 17.6 Å². The van der Waals surface area contributed by atoms with Crippen LogP contribution in [0.4, 0.5) is 4.39 Å². The van der Waals surface area contributed by atoms with E-state index in [1.54, 1.807) is 31.2 Å². The van der Waals surface area contributed by atoms with Gasteiger partial charge in [-0.05, 0) is 61.9 Å². The molecule has 6 heteroatoms. The van der Waals surface area contributed by atoms with Crippen LogP contribution in [0.1, 0.15) is 26.7 Å². The Kier molecular flexibility index (Phi) is 5.98. The summed E-state index contributed by atoms with van der Waals surface area (Å²) in [6.45, 7) is 3.52. The molecule has 0 saturated carbocycles. The monoisotopic (exact) mass is 347 g/mol. The molecule has 134 valence electrons. The highest BCUT2D eigenvalue weighted by Crippen LogP contribution is 2.26. The molecule has 25 heavy (non-hydrogen) atoms. The van der Waals surface area contributed by atoms with Crippen molar-refractivity contribution >= 4 is 5.97 Å². The minimum atomic E-state index is -1.45. The van der Waals surface area contributed by atoms with Crippen molar-refractivity contribution in [3.8, 4) is 17.2 Å². The van der Waals surface area contributed by atoms with Gasteiger partial charge in [0.15, 0.2) is 5.54 Å². The lowest BCUT2D eigenvalue weighted by atomic mass is 9.89. The van der Waals surface area contributed by atoms with Gasteiger partial charge in [-0.3, -0.25) is 4.79 Å². The number of ether oxygens (including phenoxy) is 2. The molecule has 3 N–H and O–H groups in total. The van der Waals surface area contributed by atoms with Gasteiger partial charge in [-0.15, -0.1) is 0 Å². The Morgan fingerprint density at radius 1 is 1.12 bits per heavy atom. The molecule has 0 radical (unpaired) electrons. The molecule has 2 unspecified atom stereocenters. The summed E-state index contributed by atoms with van der Waals surface area (Å²) >= 11 is 0. The van der Waals surface area contributed by atoms with Gasteiger partial charge in [0.05, 0.1) is 0 Å². The Hall–Kier alpha value is -2.60. The summed E-state index contributed by atoms with van der Waals surface area (Å²) in [5.41, 5.74) is 4.56. The van der Waals surface area contributed by atoms with E-state index in [2.05, 4.69) is 0 Å². The van der Waals surface area contributed by atoms with Crippen LogP contribution in [0, 0.1) is 5.82 Å². The van der Waals surface area contributed by atoms with Crippen molar-refractivity contribution in [3.05, 3.63) is 54.3 Å². The van der Waals surface area contributed by atoms with Gasteiger partial charge in [0.2, 0.25) is 0 Å². The molecule has 0 bridgehead atoms. The van der Waals surface area contributed by atoms with Crippen molar-refractivity contribution in [2.45, 2.75) is 38.3 Å². The molecule has 0 spiro atoms. The van der Waals surface area contributed by atoms with E-state index in [9.17, 15) is 14.3 Å². The third kappa shape index (κ3) is 4.70. The Bertz CT molecular complexity index is 702. The summed E-state index contributed by atoms with van der Waals surface area (Å²) < 4.78 is 24.2. The number of benzene rings is 2. The summed E-state index contributed by atoms with van der Waals surface area (Å²) in [5, 5.41) is 9.39. The zero-order valence-corrected chi connectivity index (χ0v) is 14.2. The second-order valence-electron chi connectivity index (χ2n) is 5.88. The Morgan fingerprint density at radius 3 is 2.08 bits per heavy atom. The molecule has 2 aromatic rings. The van der Waals surface area contributed by atoms with E-state index in [4.69, 9.17) is 15.2 Å². The first-order valence-electron chi connectivity index (χ1n) is 8.07. The van der Waals surface area contributed by atoms with Crippen molar-refractivity contribution in [2.75, 3.05) is 0 Å². The van der Waals surface area contributed by atoms with Gasteiger partial charge in [-0.1, -0.05) is 13.3 Å². The van der Waals surface area contributed by atoms with Gasteiger partial charge in [-0.2, -0.15) is 0 Å². The fourth-order valence-electron chi connectivity index (χ4n) is 2.43. The number of hydrogen-bond acceptors (Lipinski definition) is 4. The van der Waals surface area contributed by atoms with Crippen molar-refractivity contribution in [3.63, 3.8) is 0 Å². The number of rotatable bonds is 8. The highest BCUT2D eigenvalue weighted by molar-refractivity contribution is 5.79. The van der Waals surface area contributed by atoms with E-state index in [1.807, 2.05) is 6.92 Å². The van der Waals surface area contributed by atoms with Crippen LogP contribution in [0.3, 0.4) is 0 Å². The molecule has 0 heterocycles. The quantitative estimate of drug-likeness (QED) is 0.755. The number of nitrogens with two attached hydrogens (primary N) is 1. The van der Waals surface area contributed by atoms with Gasteiger partial charge in [0, 0.05) is 0 Å². The van der Waals surface area contributed by atoms with Gasteiger partial charge in [0.25, 0.3) is 0 Å². The number of carboxylic acid groups (broad SMARTS) is 1. The Balaban J connectivity index is 2.04. The number of aliphatic carboxylic acids is 1. The van der Waals surface area contributed by atoms with E-state index in [1.165, 1.54) is 24.3 Å². The standard InChI is InChI=1S/C19H22FNO4/c1-3-12-19(21,18(22)23)13(2)24-15-8-10-17(11-9-15)25-16-6-4-14(20)5-7-16/h4-11,13H,3,12,21H2,1-2H3,(H,22,23). The minimum Gasteiger partial charge on any atom is -0.488 e. The van der Waals surface area contributed by atoms with Crippen LogP contribution in [0.15, 0.2) is 48.5 Å². The molecule has 0 aliphatic carbocycles. The zero-order valence-electron chi connectivity index (χ0n) is 14.2. The van der Waals surface area contributed by atoms with Crippen molar-refractivity contribution in [1.29, 1.82) is 0 Å². The summed E-state index contributed by atoms with van der Waals surface area (Å²) in [4.78, 5) is 11.5. The van der Waals surface area contributed by atoms with Crippen LogP contribution in [0.5, 0.6) is 17.2 Å². The predicted molar refractivity (Wildman–Crippen MR) is 92.5 cm³/mol. The number of carbonyl (C=O) groups is 1. The molecule has 0 aromatic heterocycles. The average molecular weight is 347 g/mol. The maximum absolute atomic E-state index is 12.9. The SMILES string of the molecule is CCCC(N)(C(=O)O)C(C)Oc1ccc(Oc2ccc(F)cc2)cc1. The van der Waals surface area contributed by atoms with Crippen LogP contribution in [0.25, 0.3) is 0 Å². The summed E-state index contributed by atoms with van der Waals surface area (Å²) in [6, 6.07) is 12.4. The first-order valence-corrected chi connectivity index (χ1v) is 8.07. The van der Waals surface area contributed by atoms with E-state index >= 15 is 0 Å². The Morgan fingerprint density at radius 2 is 1.60 bits per heavy atom. The molecule has 0 saturated heterocycles. The number of hydrogen-bond donors (Lipinski definition) is 2. The van der Waals surface area contributed by atoms with Crippen LogP contribution in [-0.2, 0) is 4.79 Å². The maximum Gasteiger partial charge on any atom is 0.327 e. The smallest absolute Gasteiger partial charge is 0.327 e. The van der Waals surface area contributed by atoms with Crippen LogP contribution < -0.4 is 15.2 Å². The Labute approximate surface area is 146 Å². The predicted octanol–water partition coefficient (Wildman–Crippen LogP) is 3.97. The van der Waals surface area contributed by atoms with E-state index in [0.717, 1.165) is 0 Å². The third-order valence-electron chi connectivity index (χ3n) is 3.97. The zero-order chi connectivity index (χ0) is 18.4. The molecule has 2 rings (SSSR count). The summed E-state index contributed by atoms with van der Waals surface area (Å²) in [6.07, 6.45) is 0.254. The highest BCUT2D eigenvalue weighted by atomic mass is 19.1. The lowest BCUT2D eigenvalue weighted by Crippen LogP contribution is -2.58. The average Bonchev–Trinajstić information content (AvgIpc) is 2.58. The maximum atomic E-state index is 12.9. The van der Waals surface area contributed by atoms with Gasteiger partial charge < -0.3 is 20.3 Å². The van der Waals surface area contributed by atoms with Crippen LogP contribution in [0.2, 0.25) is 0 Å². The molecular weight excluding hydrogens is 325 g/mol. The summed E-state index contributed by atoms with van der Waals surface area (Å²) in [5.74, 6) is 0.140. The lowest BCUT2D eigenvalue weighted by molar-refractivity contribution is -0.147. The molecule has 0 fully saturated rings. The minimum absolute atomic E-state index is 0.315. The van der Waals surface area contributed by atoms with Gasteiger partial charge in [0.1, 0.15) is 29.2 Å². The normalized spacial score (nSPS) is 14.4. The molecule has 2 aromatic carbocycles. The summed E-state index contributed by atoms with van der Waals surface area (Å²) in [7, 11) is 0. The second-order valence-corrected chi connectivity index (χ2v) is 5.88. The molecule has 0 aliphatic heterocycles. The largest absolute Gasteiger partial charge is 0.488 e. The molecular formula is C19H22FNO4. The fraction of sp³-hybridized carbons (Fsp3) is 0.316. The fourth-order valence-corrected chi connectivity index (χ4v) is 2.43. The van der Waals surface area contributed by atoms with Crippen molar-refractivity contribution in [1.82, 2.24) is 0 Å². The van der Waals surface area contributed by atoms with E-state index in [0.29, 0.717) is 30.1 Å². The first kappa shape index (κ1) is 18.7. The van der Waals surface area contributed by atoms with E-state index in [-0.39, 0.29) is 5.82 Å². The first-order chi connectivity index (χ1) is 11.8. The topological polar surface area (TPSA) is 81.8 Å². The number of halogens is 1. The molecule has 5 nitrogen and oxygen atoms in total. The lowest BCUT2D eigenvalue weighted by Gasteiger charge is -2.31. The highest BCUT2D eigenvalue weighted by Gasteiger charge is 2.40. The number of carboxylic acids is 1. The second kappa shape index (κ2) is 7.98. The van der Waals surface area contributed by atoms with Crippen LogP contribution >= 0.6 is 0 Å². The van der Waals surface area contributed by atoms with Crippen molar-refractivity contribution in [2.24, 2.45) is 5.73 Å². The van der Waals surface area contributed by atoms with Gasteiger partial charge >= 0.3 is 5.97 Å². The van der Waals surface area contributed by atoms with Crippen molar-refractivity contribution < 1.29 is 23.8 Å². The molecule has 0 amide bonds. The van der Waals surface area contributed by atoms with Gasteiger partial charge in [-0.25, -0.2) is 4.39 Å². The molecule has 2 atom stereocenters. The molecule has 0 aliphatic rings.